The lowest BCUT2D eigenvalue weighted by Gasteiger charge is -2.50. The minimum atomic E-state index is -5.21. The average molecular weight is 539 g/mol. The van der Waals surface area contributed by atoms with E-state index < -0.39 is 18.1 Å². The van der Waals surface area contributed by atoms with Crippen LogP contribution in [0.2, 0.25) is 5.02 Å². The average Bonchev–Trinajstić information content (AvgIpc) is 2.87. The number of hydrogen-bond donors (Lipinski definition) is 0. The zero-order valence-corrected chi connectivity index (χ0v) is 21.3. The minimum absolute atomic E-state index is 0.0230. The van der Waals surface area contributed by atoms with E-state index in [1.807, 2.05) is 49.4 Å². The van der Waals surface area contributed by atoms with Gasteiger partial charge >= 0.3 is 18.1 Å². The van der Waals surface area contributed by atoms with Crippen LogP contribution in [0.25, 0.3) is 0 Å². The molecule has 2 fully saturated rings. The van der Waals surface area contributed by atoms with Crippen molar-refractivity contribution in [3.05, 3.63) is 59.2 Å². The van der Waals surface area contributed by atoms with Gasteiger partial charge in [-0.1, -0.05) is 29.8 Å². The zero-order chi connectivity index (χ0) is 26.6. The predicted octanol–water partition coefficient (Wildman–Crippen LogP) is 3.95. The van der Waals surface area contributed by atoms with Crippen LogP contribution in [0, 0.1) is 0 Å². The highest BCUT2D eigenvalue weighted by Gasteiger charge is 2.43. The number of nitrogens with zero attached hydrogens (tertiary/aromatic N) is 4. The minimum Gasteiger partial charge on any atom is -0.385 e. The number of benzene rings is 1. The number of alkyl halides is 3. The number of piperidine rings is 1. The first-order valence-corrected chi connectivity index (χ1v) is 12.7. The number of carbonyl (C=O) groups is 2. The molecule has 0 N–H and O–H groups in total. The van der Waals surface area contributed by atoms with Gasteiger partial charge in [0.15, 0.2) is 0 Å². The standard InChI is InChI=1S/C26H30ClF3N4O3/c1-18-15-34(21-9-12-32(13-10-21)23-4-2-3-11-31-23)22(14-19-5-7-20(27)8-6-19)16-33(18)17-24(35)37-25(36)26(28,29)30/h2-8,11,18,21-22H,9-10,12-17H2,1H3/t18-,22-/m0/s1. The second-order valence-electron chi connectivity index (χ2n) is 9.63. The van der Waals surface area contributed by atoms with E-state index in [-0.39, 0.29) is 18.6 Å². The zero-order valence-electron chi connectivity index (χ0n) is 20.5. The molecule has 3 heterocycles. The van der Waals surface area contributed by atoms with Crippen molar-refractivity contribution < 1.29 is 27.5 Å². The summed E-state index contributed by atoms with van der Waals surface area (Å²) in [7, 11) is 0. The third-order valence-electron chi connectivity index (χ3n) is 7.07. The summed E-state index contributed by atoms with van der Waals surface area (Å²) in [5, 5.41) is 0.637. The first-order valence-electron chi connectivity index (χ1n) is 12.3. The first-order chi connectivity index (χ1) is 17.6. The van der Waals surface area contributed by atoms with Gasteiger partial charge in [0.1, 0.15) is 5.82 Å². The summed E-state index contributed by atoms with van der Waals surface area (Å²) >= 11 is 6.05. The van der Waals surface area contributed by atoms with Crippen LogP contribution in [0.15, 0.2) is 48.7 Å². The van der Waals surface area contributed by atoms with Crippen LogP contribution in [-0.2, 0) is 20.7 Å². The monoisotopic (exact) mass is 538 g/mol. The largest absolute Gasteiger partial charge is 0.491 e. The van der Waals surface area contributed by atoms with Gasteiger partial charge in [0.2, 0.25) is 0 Å². The number of carbonyl (C=O) groups excluding carboxylic acids is 2. The smallest absolute Gasteiger partial charge is 0.385 e. The highest BCUT2D eigenvalue weighted by molar-refractivity contribution is 6.30. The molecule has 0 aliphatic carbocycles. The van der Waals surface area contributed by atoms with Crippen molar-refractivity contribution in [3.63, 3.8) is 0 Å². The lowest BCUT2D eigenvalue weighted by molar-refractivity contribution is -0.202. The Bertz CT molecular complexity index is 1060. The number of piperazine rings is 1. The van der Waals surface area contributed by atoms with Crippen molar-refractivity contribution in [2.45, 2.75) is 50.5 Å². The van der Waals surface area contributed by atoms with Crippen molar-refractivity contribution in [1.82, 2.24) is 14.8 Å². The normalized spacial score (nSPS) is 22.1. The topological polar surface area (TPSA) is 66.0 Å². The van der Waals surface area contributed by atoms with Gasteiger partial charge in [0.05, 0.1) is 6.54 Å². The van der Waals surface area contributed by atoms with Gasteiger partial charge in [-0.15, -0.1) is 0 Å². The van der Waals surface area contributed by atoms with Crippen molar-refractivity contribution in [2.24, 2.45) is 0 Å². The maximum atomic E-state index is 12.5. The highest BCUT2D eigenvalue weighted by Crippen LogP contribution is 2.28. The van der Waals surface area contributed by atoms with Gasteiger partial charge in [0.25, 0.3) is 0 Å². The number of pyridine rings is 1. The van der Waals surface area contributed by atoms with Gasteiger partial charge in [0, 0.05) is 55.5 Å². The SMILES string of the molecule is C[C@H]1CN(C2CCN(c3ccccn3)CC2)[C@@H](Cc2ccc(Cl)cc2)CN1CC(=O)OC(=O)C(F)(F)F. The summed E-state index contributed by atoms with van der Waals surface area (Å²) in [6, 6.07) is 13.7. The Morgan fingerprint density at radius 1 is 1.08 bits per heavy atom. The third kappa shape index (κ3) is 7.21. The molecular formula is C26H30ClF3N4O3. The van der Waals surface area contributed by atoms with E-state index in [1.54, 1.807) is 11.1 Å². The molecule has 2 atom stereocenters. The van der Waals surface area contributed by atoms with Crippen molar-refractivity contribution in [1.29, 1.82) is 0 Å². The molecule has 0 saturated carbocycles. The molecule has 11 heteroatoms. The van der Waals surface area contributed by atoms with E-state index in [1.165, 1.54) is 0 Å². The van der Waals surface area contributed by atoms with Crippen LogP contribution in [0.4, 0.5) is 19.0 Å². The molecule has 200 valence electrons. The number of hydrogen-bond acceptors (Lipinski definition) is 7. The Hall–Kier alpha value is -2.69. The van der Waals surface area contributed by atoms with Crippen molar-refractivity contribution in [2.75, 3.05) is 37.6 Å². The molecule has 2 aliphatic heterocycles. The molecule has 0 bridgehead atoms. The second-order valence-corrected chi connectivity index (χ2v) is 10.1. The van der Waals surface area contributed by atoms with Crippen LogP contribution in [0.3, 0.4) is 0 Å². The maximum Gasteiger partial charge on any atom is 0.491 e. The Morgan fingerprint density at radius 2 is 1.78 bits per heavy atom. The fourth-order valence-corrected chi connectivity index (χ4v) is 5.32. The first kappa shape index (κ1) is 27.3. The van der Waals surface area contributed by atoms with Crippen LogP contribution in [-0.4, -0.2) is 83.7 Å². The third-order valence-corrected chi connectivity index (χ3v) is 7.33. The summed E-state index contributed by atoms with van der Waals surface area (Å²) in [5.74, 6) is -2.72. The molecule has 2 saturated heterocycles. The van der Waals surface area contributed by atoms with Gasteiger partial charge in [-0.05, 0) is 56.0 Å². The summed E-state index contributed by atoms with van der Waals surface area (Å²) in [6.07, 6.45) is -0.832. The van der Waals surface area contributed by atoms with Gasteiger partial charge < -0.3 is 9.64 Å². The van der Waals surface area contributed by atoms with Crippen molar-refractivity contribution in [3.8, 4) is 0 Å². The van der Waals surface area contributed by atoms with Gasteiger partial charge in [-0.3, -0.25) is 14.6 Å². The number of ether oxygens (including phenoxy) is 1. The Kier molecular flexibility index (Phi) is 8.71. The molecular weight excluding hydrogens is 509 g/mol. The summed E-state index contributed by atoms with van der Waals surface area (Å²) in [5.41, 5.74) is 1.08. The number of halogens is 4. The molecule has 0 amide bonds. The van der Waals surface area contributed by atoms with E-state index in [0.29, 0.717) is 30.6 Å². The number of anilines is 1. The molecule has 0 radical (unpaired) electrons. The predicted molar refractivity (Wildman–Crippen MR) is 133 cm³/mol. The van der Waals surface area contributed by atoms with Crippen molar-refractivity contribution >= 4 is 29.4 Å². The number of rotatable bonds is 6. The van der Waals surface area contributed by atoms with Crippen LogP contribution < -0.4 is 4.90 Å². The molecule has 37 heavy (non-hydrogen) atoms. The molecule has 7 nitrogen and oxygen atoms in total. The van der Waals surface area contributed by atoms with E-state index in [9.17, 15) is 22.8 Å². The van der Waals surface area contributed by atoms with E-state index in [0.717, 1.165) is 37.3 Å². The maximum absolute atomic E-state index is 12.5. The number of aromatic nitrogens is 1. The molecule has 1 aromatic carbocycles. The molecule has 0 unspecified atom stereocenters. The van der Waals surface area contributed by atoms with Gasteiger partial charge in [-0.25, -0.2) is 9.78 Å². The van der Waals surface area contributed by atoms with Crippen LogP contribution in [0.5, 0.6) is 0 Å². The Morgan fingerprint density at radius 3 is 2.41 bits per heavy atom. The number of esters is 2. The van der Waals surface area contributed by atoms with Crippen LogP contribution in [0.1, 0.15) is 25.3 Å². The molecule has 1 aromatic heterocycles. The molecule has 2 aromatic rings. The Labute approximate surface area is 219 Å². The van der Waals surface area contributed by atoms with E-state index >= 15 is 0 Å². The summed E-state index contributed by atoms with van der Waals surface area (Å²) in [6.45, 7) is 4.40. The molecule has 4 rings (SSSR count). The van der Waals surface area contributed by atoms with E-state index in [4.69, 9.17) is 11.6 Å². The summed E-state index contributed by atoms with van der Waals surface area (Å²) < 4.78 is 41.6. The molecule has 2 aliphatic rings. The Balaban J connectivity index is 1.45. The van der Waals surface area contributed by atoms with Gasteiger partial charge in [-0.2, -0.15) is 13.2 Å². The fraction of sp³-hybridized carbons (Fsp3) is 0.500. The lowest BCUT2D eigenvalue weighted by Crippen LogP contribution is -2.62. The highest BCUT2D eigenvalue weighted by atomic mass is 35.5. The lowest BCUT2D eigenvalue weighted by atomic mass is 9.94. The molecule has 0 spiro atoms. The summed E-state index contributed by atoms with van der Waals surface area (Å²) in [4.78, 5) is 34.3. The van der Waals surface area contributed by atoms with Crippen LogP contribution >= 0.6 is 11.6 Å². The second kappa shape index (κ2) is 11.8. The quantitative estimate of drug-likeness (QED) is 0.407. The van der Waals surface area contributed by atoms with E-state index in [2.05, 4.69) is 19.5 Å². The fourth-order valence-electron chi connectivity index (χ4n) is 5.19.